The Morgan fingerprint density at radius 3 is 2.71 bits per heavy atom. The molecule has 0 unspecified atom stereocenters. The zero-order chi connectivity index (χ0) is 12.3. The van der Waals surface area contributed by atoms with Gasteiger partial charge in [-0.05, 0) is 25.5 Å². The van der Waals surface area contributed by atoms with Crippen molar-refractivity contribution < 1.29 is 9.84 Å². The van der Waals surface area contributed by atoms with Crippen molar-refractivity contribution in [3.63, 3.8) is 0 Å². The number of hydrogen-bond donors (Lipinski definition) is 1. The van der Waals surface area contributed by atoms with E-state index in [0.29, 0.717) is 17.5 Å². The highest BCUT2D eigenvalue weighted by Gasteiger charge is 2.06. The molecule has 0 bridgehead atoms. The number of aryl methyl sites for hydroxylation is 2. The van der Waals surface area contributed by atoms with Crippen LogP contribution in [-0.4, -0.2) is 15.1 Å². The standard InChI is InChI=1S/C13H14N2O2/c1-3-10-8-13(15-9(2)14-10)17-12-7-5-4-6-11(12)16/h4-8,16H,3H2,1-2H3. The van der Waals surface area contributed by atoms with Gasteiger partial charge >= 0.3 is 0 Å². The fourth-order valence-corrected chi connectivity index (χ4v) is 1.49. The lowest BCUT2D eigenvalue weighted by molar-refractivity contribution is 0.401. The maximum absolute atomic E-state index is 9.60. The Morgan fingerprint density at radius 1 is 1.24 bits per heavy atom. The smallest absolute Gasteiger partial charge is 0.222 e. The molecule has 0 saturated heterocycles. The Kier molecular flexibility index (Phi) is 3.23. The maximum Gasteiger partial charge on any atom is 0.222 e. The van der Waals surface area contributed by atoms with E-state index in [1.54, 1.807) is 30.3 Å². The molecule has 0 atom stereocenters. The third-order valence-corrected chi connectivity index (χ3v) is 2.31. The number of aromatic hydroxyl groups is 1. The van der Waals surface area contributed by atoms with E-state index < -0.39 is 0 Å². The highest BCUT2D eigenvalue weighted by Crippen LogP contribution is 2.29. The molecule has 0 spiro atoms. The molecule has 0 amide bonds. The minimum absolute atomic E-state index is 0.0989. The maximum atomic E-state index is 9.60. The van der Waals surface area contributed by atoms with Gasteiger partial charge in [0.05, 0.1) is 0 Å². The van der Waals surface area contributed by atoms with Crippen molar-refractivity contribution >= 4 is 0 Å². The SMILES string of the molecule is CCc1cc(Oc2ccccc2O)nc(C)n1. The summed E-state index contributed by atoms with van der Waals surface area (Å²) in [5.41, 5.74) is 0.919. The van der Waals surface area contributed by atoms with Crippen LogP contribution in [0.4, 0.5) is 0 Å². The molecule has 1 heterocycles. The summed E-state index contributed by atoms with van der Waals surface area (Å²) in [4.78, 5) is 8.44. The van der Waals surface area contributed by atoms with Crippen molar-refractivity contribution in [1.29, 1.82) is 0 Å². The number of para-hydroxylation sites is 2. The fourth-order valence-electron chi connectivity index (χ4n) is 1.49. The summed E-state index contributed by atoms with van der Waals surface area (Å²) in [7, 11) is 0. The van der Waals surface area contributed by atoms with Crippen LogP contribution in [0, 0.1) is 6.92 Å². The molecule has 1 aromatic heterocycles. The lowest BCUT2D eigenvalue weighted by Gasteiger charge is -2.08. The molecule has 88 valence electrons. The number of nitrogens with zero attached hydrogens (tertiary/aromatic N) is 2. The first-order chi connectivity index (χ1) is 8.19. The van der Waals surface area contributed by atoms with Crippen LogP contribution in [0.1, 0.15) is 18.4 Å². The van der Waals surface area contributed by atoms with Gasteiger partial charge in [0.1, 0.15) is 5.82 Å². The van der Waals surface area contributed by atoms with Gasteiger partial charge in [-0.3, -0.25) is 0 Å². The van der Waals surface area contributed by atoms with Crippen LogP contribution >= 0.6 is 0 Å². The molecule has 0 aliphatic rings. The van der Waals surface area contributed by atoms with E-state index in [0.717, 1.165) is 12.1 Å². The largest absolute Gasteiger partial charge is 0.504 e. The summed E-state index contributed by atoms with van der Waals surface area (Å²) in [5.74, 6) is 1.61. The van der Waals surface area contributed by atoms with Gasteiger partial charge in [-0.15, -0.1) is 0 Å². The second-order valence-electron chi connectivity index (χ2n) is 3.67. The lowest BCUT2D eigenvalue weighted by atomic mass is 10.3. The summed E-state index contributed by atoms with van der Waals surface area (Å²) >= 11 is 0. The Morgan fingerprint density at radius 2 is 2.00 bits per heavy atom. The van der Waals surface area contributed by atoms with E-state index in [9.17, 15) is 5.11 Å². The molecule has 0 aliphatic carbocycles. The van der Waals surface area contributed by atoms with Gasteiger partial charge in [-0.2, -0.15) is 4.98 Å². The van der Waals surface area contributed by atoms with Gasteiger partial charge in [-0.25, -0.2) is 4.98 Å². The normalized spacial score (nSPS) is 10.2. The highest BCUT2D eigenvalue weighted by molar-refractivity contribution is 5.40. The number of rotatable bonds is 3. The Bertz CT molecular complexity index is 527. The number of aromatic nitrogens is 2. The summed E-state index contributed by atoms with van der Waals surface area (Å²) in [5, 5.41) is 9.60. The van der Waals surface area contributed by atoms with E-state index in [1.165, 1.54) is 0 Å². The predicted octanol–water partition coefficient (Wildman–Crippen LogP) is 2.85. The molecule has 0 fully saturated rings. The summed E-state index contributed by atoms with van der Waals surface area (Å²) < 4.78 is 5.53. The van der Waals surface area contributed by atoms with Gasteiger partial charge in [-0.1, -0.05) is 19.1 Å². The third kappa shape index (κ3) is 2.72. The van der Waals surface area contributed by atoms with E-state index in [1.807, 2.05) is 13.8 Å². The monoisotopic (exact) mass is 230 g/mol. The molecular weight excluding hydrogens is 216 g/mol. The quantitative estimate of drug-likeness (QED) is 0.880. The molecule has 0 saturated carbocycles. The van der Waals surface area contributed by atoms with Crippen LogP contribution in [0.25, 0.3) is 0 Å². The lowest BCUT2D eigenvalue weighted by Crippen LogP contribution is -1.97. The first kappa shape index (κ1) is 11.4. The van der Waals surface area contributed by atoms with Crippen LogP contribution in [0.15, 0.2) is 30.3 Å². The molecule has 0 aliphatic heterocycles. The number of benzene rings is 1. The summed E-state index contributed by atoms with van der Waals surface area (Å²) in [6.07, 6.45) is 0.820. The van der Waals surface area contributed by atoms with Crippen molar-refractivity contribution in [3.8, 4) is 17.4 Å². The van der Waals surface area contributed by atoms with Gasteiger partial charge in [0, 0.05) is 11.8 Å². The zero-order valence-corrected chi connectivity index (χ0v) is 9.84. The van der Waals surface area contributed by atoms with Crippen LogP contribution in [-0.2, 0) is 6.42 Å². The minimum Gasteiger partial charge on any atom is -0.504 e. The van der Waals surface area contributed by atoms with Gasteiger partial charge < -0.3 is 9.84 Å². The van der Waals surface area contributed by atoms with Crippen molar-refractivity contribution in [1.82, 2.24) is 9.97 Å². The van der Waals surface area contributed by atoms with Gasteiger partial charge in [0.2, 0.25) is 5.88 Å². The van der Waals surface area contributed by atoms with Crippen molar-refractivity contribution in [2.45, 2.75) is 20.3 Å². The Labute approximate surface area is 99.9 Å². The molecule has 0 radical (unpaired) electrons. The van der Waals surface area contributed by atoms with E-state index in [2.05, 4.69) is 9.97 Å². The molecule has 2 aromatic rings. The minimum atomic E-state index is 0.0989. The molecule has 17 heavy (non-hydrogen) atoms. The second kappa shape index (κ2) is 4.82. The number of ether oxygens (including phenoxy) is 1. The van der Waals surface area contributed by atoms with Crippen molar-refractivity contribution in [3.05, 3.63) is 41.9 Å². The number of phenolic OH excluding ortho intramolecular Hbond substituents is 1. The zero-order valence-electron chi connectivity index (χ0n) is 9.84. The average molecular weight is 230 g/mol. The van der Waals surface area contributed by atoms with Crippen LogP contribution < -0.4 is 4.74 Å². The predicted molar refractivity (Wildman–Crippen MR) is 64.3 cm³/mol. The van der Waals surface area contributed by atoms with Gasteiger partial charge in [0.25, 0.3) is 0 Å². The third-order valence-electron chi connectivity index (χ3n) is 2.31. The summed E-state index contributed by atoms with van der Waals surface area (Å²) in [6, 6.07) is 8.58. The van der Waals surface area contributed by atoms with Crippen LogP contribution in [0.5, 0.6) is 17.4 Å². The van der Waals surface area contributed by atoms with Crippen LogP contribution in [0.3, 0.4) is 0 Å². The average Bonchev–Trinajstić information content (AvgIpc) is 2.31. The van der Waals surface area contributed by atoms with E-state index >= 15 is 0 Å². The fraction of sp³-hybridized carbons (Fsp3) is 0.231. The molecule has 4 heteroatoms. The van der Waals surface area contributed by atoms with Crippen LogP contribution in [0.2, 0.25) is 0 Å². The second-order valence-corrected chi connectivity index (χ2v) is 3.67. The first-order valence-electron chi connectivity index (χ1n) is 5.49. The molecule has 4 nitrogen and oxygen atoms in total. The molecule has 1 aromatic carbocycles. The Hall–Kier alpha value is -2.10. The van der Waals surface area contributed by atoms with Crippen molar-refractivity contribution in [2.75, 3.05) is 0 Å². The summed E-state index contributed by atoms with van der Waals surface area (Å²) in [6.45, 7) is 3.84. The Balaban J connectivity index is 2.30. The van der Waals surface area contributed by atoms with E-state index in [-0.39, 0.29) is 5.75 Å². The first-order valence-corrected chi connectivity index (χ1v) is 5.49. The number of hydrogen-bond acceptors (Lipinski definition) is 4. The highest BCUT2D eigenvalue weighted by atomic mass is 16.5. The topological polar surface area (TPSA) is 55.2 Å². The molecule has 2 rings (SSSR count). The number of phenols is 1. The molecular formula is C13H14N2O2. The van der Waals surface area contributed by atoms with Crippen molar-refractivity contribution in [2.24, 2.45) is 0 Å². The van der Waals surface area contributed by atoms with Gasteiger partial charge in [0.15, 0.2) is 11.5 Å². The molecule has 1 N–H and O–H groups in total. The van der Waals surface area contributed by atoms with E-state index in [4.69, 9.17) is 4.74 Å².